The zero-order valence-corrected chi connectivity index (χ0v) is 19.2. The lowest BCUT2D eigenvalue weighted by atomic mass is 9.97. The van der Waals surface area contributed by atoms with E-state index in [9.17, 15) is 23.9 Å². The van der Waals surface area contributed by atoms with E-state index in [0.717, 1.165) is 16.5 Å². The van der Waals surface area contributed by atoms with Gasteiger partial charge in [0.1, 0.15) is 23.0 Å². The Bertz CT molecular complexity index is 1480. The molecule has 0 radical (unpaired) electrons. The minimum Gasteiger partial charge on any atom is -0.480 e. The molecule has 0 saturated carbocycles. The van der Waals surface area contributed by atoms with Gasteiger partial charge in [0.15, 0.2) is 0 Å². The second kappa shape index (κ2) is 8.78. The molecule has 4 aromatic rings. The molecule has 2 aromatic heterocycles. The van der Waals surface area contributed by atoms with Gasteiger partial charge in [0.25, 0.3) is 0 Å². The third-order valence-electron chi connectivity index (χ3n) is 6.08. The monoisotopic (exact) mass is 465 g/mol. The Labute approximate surface area is 194 Å². The van der Waals surface area contributed by atoms with Crippen molar-refractivity contribution in [3.05, 3.63) is 69.5 Å². The Kier molecular flexibility index (Phi) is 6.00. The van der Waals surface area contributed by atoms with E-state index in [0.29, 0.717) is 27.7 Å². The quantitative estimate of drug-likeness (QED) is 0.399. The summed E-state index contributed by atoms with van der Waals surface area (Å²) >= 11 is 0. The maximum absolute atomic E-state index is 13.4. The van der Waals surface area contributed by atoms with Gasteiger partial charge >= 0.3 is 11.6 Å². The first-order valence-corrected chi connectivity index (χ1v) is 10.8. The lowest BCUT2D eigenvalue weighted by Gasteiger charge is -2.18. The van der Waals surface area contributed by atoms with Crippen LogP contribution in [0.2, 0.25) is 0 Å². The zero-order valence-electron chi connectivity index (χ0n) is 19.2. The van der Waals surface area contributed by atoms with Crippen LogP contribution in [0.3, 0.4) is 0 Å². The number of nitrogens with one attached hydrogen (secondary N) is 1. The normalized spacial score (nSPS) is 12.4. The molecular formula is C26H24FNO6. The standard InChI is InChI=1S/C26H24FNO6/c1-12(2)22(25(30)31)28-21(29)10-18-13(3)17-9-19-20(15-5-7-16(27)8-6-15)11-33-23(19)14(4)24(17)34-26(18)32/h5-9,11-12,22H,10H2,1-4H3,(H,28,29)(H,30,31). The minimum absolute atomic E-state index is 0.156. The molecule has 0 aliphatic rings. The SMILES string of the molecule is Cc1c(CC(=O)NC(C(=O)O)C(C)C)c(=O)oc2c(C)c3occ(-c4ccc(F)cc4)c3cc12. The highest BCUT2D eigenvalue weighted by Crippen LogP contribution is 2.37. The van der Waals surface area contributed by atoms with Crippen molar-refractivity contribution in [1.82, 2.24) is 5.32 Å². The first-order valence-electron chi connectivity index (χ1n) is 10.8. The Balaban J connectivity index is 1.81. The fraction of sp³-hybridized carbons (Fsp3) is 0.269. The molecule has 0 saturated heterocycles. The summed E-state index contributed by atoms with van der Waals surface area (Å²) in [6, 6.07) is 6.80. The number of furan rings is 1. The summed E-state index contributed by atoms with van der Waals surface area (Å²) in [5.41, 5.74) is 3.10. The predicted molar refractivity (Wildman–Crippen MR) is 125 cm³/mol. The molecule has 176 valence electrons. The number of aliphatic carboxylic acids is 1. The van der Waals surface area contributed by atoms with Gasteiger partial charge in [0.05, 0.1) is 18.2 Å². The van der Waals surface area contributed by atoms with Crippen molar-refractivity contribution in [3.8, 4) is 11.1 Å². The van der Waals surface area contributed by atoms with E-state index < -0.39 is 23.5 Å². The second-order valence-corrected chi connectivity index (χ2v) is 8.71. The summed E-state index contributed by atoms with van der Waals surface area (Å²) in [5, 5.41) is 13.2. The fourth-order valence-electron chi connectivity index (χ4n) is 4.15. The van der Waals surface area contributed by atoms with E-state index in [1.807, 2.05) is 6.07 Å². The maximum atomic E-state index is 13.4. The molecule has 1 amide bonds. The van der Waals surface area contributed by atoms with Gasteiger partial charge in [0.2, 0.25) is 5.91 Å². The van der Waals surface area contributed by atoms with Crippen molar-refractivity contribution in [1.29, 1.82) is 0 Å². The van der Waals surface area contributed by atoms with Crippen LogP contribution in [0.25, 0.3) is 33.1 Å². The van der Waals surface area contributed by atoms with Crippen LogP contribution in [0.1, 0.15) is 30.5 Å². The predicted octanol–water partition coefficient (Wildman–Crippen LogP) is 4.73. The molecule has 2 N–H and O–H groups in total. The molecule has 7 nitrogen and oxygen atoms in total. The molecule has 8 heteroatoms. The van der Waals surface area contributed by atoms with Crippen LogP contribution < -0.4 is 10.9 Å². The van der Waals surface area contributed by atoms with Crippen molar-refractivity contribution >= 4 is 33.8 Å². The summed E-state index contributed by atoms with van der Waals surface area (Å²) in [7, 11) is 0. The van der Waals surface area contributed by atoms with Crippen molar-refractivity contribution in [3.63, 3.8) is 0 Å². The van der Waals surface area contributed by atoms with Crippen LogP contribution in [-0.2, 0) is 16.0 Å². The molecule has 0 fully saturated rings. The highest BCUT2D eigenvalue weighted by atomic mass is 19.1. The van der Waals surface area contributed by atoms with Gasteiger partial charge in [-0.3, -0.25) is 4.79 Å². The van der Waals surface area contributed by atoms with E-state index in [4.69, 9.17) is 8.83 Å². The Hall–Kier alpha value is -3.94. The number of carboxylic acids is 1. The number of fused-ring (bicyclic) bond motifs is 2. The summed E-state index contributed by atoms with van der Waals surface area (Å²) in [6.45, 7) is 6.87. The van der Waals surface area contributed by atoms with E-state index in [1.54, 1.807) is 46.1 Å². The van der Waals surface area contributed by atoms with Crippen LogP contribution >= 0.6 is 0 Å². The van der Waals surface area contributed by atoms with Crippen molar-refractivity contribution in [2.45, 2.75) is 40.2 Å². The summed E-state index contributed by atoms with van der Waals surface area (Å²) in [6.07, 6.45) is 1.26. The molecule has 1 unspecified atom stereocenters. The third kappa shape index (κ3) is 4.07. The molecule has 2 heterocycles. The van der Waals surface area contributed by atoms with Gasteiger partial charge in [-0.05, 0) is 49.1 Å². The average molecular weight is 465 g/mol. The van der Waals surface area contributed by atoms with Gasteiger partial charge in [-0.1, -0.05) is 26.0 Å². The van der Waals surface area contributed by atoms with Crippen LogP contribution in [-0.4, -0.2) is 23.0 Å². The van der Waals surface area contributed by atoms with Crippen LogP contribution in [0, 0.1) is 25.6 Å². The number of hydrogen-bond acceptors (Lipinski definition) is 5. The molecular weight excluding hydrogens is 441 g/mol. The minimum atomic E-state index is -1.14. The number of carbonyl (C=O) groups is 2. The van der Waals surface area contributed by atoms with E-state index in [1.165, 1.54) is 12.1 Å². The number of benzene rings is 2. The topological polar surface area (TPSA) is 110 Å². The number of hydrogen-bond donors (Lipinski definition) is 2. The molecule has 4 rings (SSSR count). The number of aryl methyl sites for hydroxylation is 2. The largest absolute Gasteiger partial charge is 0.480 e. The number of halogens is 1. The fourth-order valence-corrected chi connectivity index (χ4v) is 4.15. The first kappa shape index (κ1) is 23.2. The molecule has 0 aliphatic carbocycles. The number of amides is 1. The molecule has 0 bridgehead atoms. The lowest BCUT2D eigenvalue weighted by Crippen LogP contribution is -2.45. The van der Waals surface area contributed by atoms with E-state index >= 15 is 0 Å². The maximum Gasteiger partial charge on any atom is 0.340 e. The second-order valence-electron chi connectivity index (χ2n) is 8.71. The van der Waals surface area contributed by atoms with Gasteiger partial charge in [0, 0.05) is 21.9 Å². The van der Waals surface area contributed by atoms with Crippen LogP contribution in [0.4, 0.5) is 4.39 Å². The molecule has 0 aliphatic heterocycles. The molecule has 1 atom stereocenters. The lowest BCUT2D eigenvalue weighted by molar-refractivity contribution is -0.143. The molecule has 34 heavy (non-hydrogen) atoms. The smallest absolute Gasteiger partial charge is 0.340 e. The van der Waals surface area contributed by atoms with Crippen molar-refractivity contribution in [2.75, 3.05) is 0 Å². The van der Waals surface area contributed by atoms with E-state index in [2.05, 4.69) is 5.32 Å². The van der Waals surface area contributed by atoms with Gasteiger partial charge in [-0.25, -0.2) is 14.0 Å². The molecule has 0 spiro atoms. The van der Waals surface area contributed by atoms with Crippen molar-refractivity contribution in [2.24, 2.45) is 5.92 Å². The first-order chi connectivity index (χ1) is 16.1. The zero-order chi connectivity index (χ0) is 24.7. The van der Waals surface area contributed by atoms with Gasteiger partial charge < -0.3 is 19.3 Å². The Morgan fingerprint density at radius 3 is 2.35 bits per heavy atom. The highest BCUT2D eigenvalue weighted by molar-refractivity contribution is 6.05. The highest BCUT2D eigenvalue weighted by Gasteiger charge is 2.25. The Morgan fingerprint density at radius 1 is 1.06 bits per heavy atom. The summed E-state index contributed by atoms with van der Waals surface area (Å²) in [5.74, 6) is -2.39. The summed E-state index contributed by atoms with van der Waals surface area (Å²) in [4.78, 5) is 36.8. The van der Waals surface area contributed by atoms with E-state index in [-0.39, 0.29) is 23.7 Å². The van der Waals surface area contributed by atoms with Gasteiger partial charge in [-0.2, -0.15) is 0 Å². The number of rotatable bonds is 6. The Morgan fingerprint density at radius 2 is 1.74 bits per heavy atom. The summed E-state index contributed by atoms with van der Waals surface area (Å²) < 4.78 is 24.7. The third-order valence-corrected chi connectivity index (χ3v) is 6.08. The van der Waals surface area contributed by atoms with Crippen molar-refractivity contribution < 1.29 is 27.9 Å². The van der Waals surface area contributed by atoms with Gasteiger partial charge in [-0.15, -0.1) is 0 Å². The molecule has 2 aromatic carbocycles. The average Bonchev–Trinajstić information content (AvgIpc) is 3.20. The van der Waals surface area contributed by atoms with Crippen LogP contribution in [0.15, 0.2) is 50.2 Å². The number of carboxylic acid groups (broad SMARTS) is 1. The number of carbonyl (C=O) groups excluding carboxylic acids is 1. The van der Waals surface area contributed by atoms with Crippen LogP contribution in [0.5, 0.6) is 0 Å².